The van der Waals surface area contributed by atoms with Crippen molar-refractivity contribution in [2.45, 2.75) is 6.92 Å². The average Bonchev–Trinajstić information content (AvgIpc) is 3.23. The van der Waals surface area contributed by atoms with Crippen LogP contribution in [0, 0.1) is 6.92 Å². The van der Waals surface area contributed by atoms with Crippen LogP contribution in [0.3, 0.4) is 0 Å². The fraction of sp³-hybridized carbons (Fsp3) is 0.0370. The first-order chi connectivity index (χ1) is 16.4. The Balaban J connectivity index is 1.74. The second-order valence-electron chi connectivity index (χ2n) is 7.85. The number of aryl methyl sites for hydroxylation is 1. The molecule has 0 amide bonds. The second-order valence-corrected chi connectivity index (χ2v) is 8.25. The molecule has 0 aliphatic carbocycles. The molecule has 0 saturated heterocycles. The molecule has 5 rings (SSSR count). The number of carbonyl (C=O) groups excluding carboxylic acids is 1. The summed E-state index contributed by atoms with van der Waals surface area (Å²) in [6.07, 6.45) is 3.43. The van der Waals surface area contributed by atoms with E-state index in [0.717, 1.165) is 22.1 Å². The lowest BCUT2D eigenvalue weighted by molar-refractivity contribution is 0.0696. The van der Waals surface area contributed by atoms with Gasteiger partial charge < -0.3 is 5.11 Å². The number of carbonyl (C=O) groups is 2. The zero-order valence-electron chi connectivity index (χ0n) is 18.1. The average molecular weight is 468 g/mol. The Bertz CT molecular complexity index is 1540. The van der Waals surface area contributed by atoms with Gasteiger partial charge in [0.05, 0.1) is 21.7 Å². The summed E-state index contributed by atoms with van der Waals surface area (Å²) in [5.41, 5.74) is 5.08. The van der Waals surface area contributed by atoms with Gasteiger partial charge in [-0.2, -0.15) is 9.78 Å². The summed E-state index contributed by atoms with van der Waals surface area (Å²) < 4.78 is 1.37. The minimum absolute atomic E-state index is 0.176. The molecule has 0 unspecified atom stereocenters. The Morgan fingerprint density at radius 1 is 0.882 bits per heavy atom. The number of halogens is 1. The highest BCUT2D eigenvalue weighted by Crippen LogP contribution is 2.33. The molecule has 5 aromatic rings. The first-order valence-electron chi connectivity index (χ1n) is 10.5. The Morgan fingerprint density at radius 2 is 1.59 bits per heavy atom. The molecule has 0 saturated carbocycles. The molecule has 0 aliphatic heterocycles. The normalized spacial score (nSPS) is 11.0. The van der Waals surface area contributed by atoms with Crippen LogP contribution in [0.5, 0.6) is 0 Å². The number of aromatic nitrogens is 3. The molecule has 6 nitrogen and oxygen atoms in total. The minimum atomic E-state index is -1.01. The Hall–Kier alpha value is -4.29. The topological polar surface area (TPSA) is 85.1 Å². The zero-order valence-corrected chi connectivity index (χ0v) is 18.8. The van der Waals surface area contributed by atoms with Crippen LogP contribution in [-0.4, -0.2) is 31.7 Å². The number of carboxylic acid groups (broad SMARTS) is 1. The van der Waals surface area contributed by atoms with Crippen molar-refractivity contribution in [2.24, 2.45) is 0 Å². The zero-order chi connectivity index (χ0) is 23.8. The molecule has 2 heterocycles. The summed E-state index contributed by atoms with van der Waals surface area (Å²) in [4.78, 5) is 29.0. The van der Waals surface area contributed by atoms with E-state index in [9.17, 15) is 14.7 Å². The van der Waals surface area contributed by atoms with Gasteiger partial charge in [-0.05, 0) is 66.1 Å². The molecule has 3 aromatic carbocycles. The fourth-order valence-corrected chi connectivity index (χ4v) is 4.29. The maximum Gasteiger partial charge on any atom is 0.335 e. The molecule has 0 fully saturated rings. The number of hydrogen-bond donors (Lipinski definition) is 1. The first-order valence-corrected chi connectivity index (χ1v) is 10.9. The monoisotopic (exact) mass is 467 g/mol. The van der Waals surface area contributed by atoms with Gasteiger partial charge in [-0.15, -0.1) is 0 Å². The number of carboxylic acids is 1. The second kappa shape index (κ2) is 8.57. The van der Waals surface area contributed by atoms with E-state index in [2.05, 4.69) is 10.1 Å². The number of nitrogens with zero attached hydrogens (tertiary/aromatic N) is 3. The van der Waals surface area contributed by atoms with Crippen molar-refractivity contribution in [3.05, 3.63) is 107 Å². The van der Waals surface area contributed by atoms with Crippen molar-refractivity contribution in [3.8, 4) is 22.4 Å². The van der Waals surface area contributed by atoms with Crippen LogP contribution in [-0.2, 0) is 0 Å². The van der Waals surface area contributed by atoms with Crippen molar-refractivity contribution in [1.29, 1.82) is 0 Å². The number of aromatic carboxylic acids is 1. The van der Waals surface area contributed by atoms with Crippen LogP contribution in [0.25, 0.3) is 33.3 Å². The summed E-state index contributed by atoms with van der Waals surface area (Å²) in [5, 5.41) is 15.0. The summed E-state index contributed by atoms with van der Waals surface area (Å²) in [6, 6.07) is 21.3. The van der Waals surface area contributed by atoms with E-state index in [-0.39, 0.29) is 11.5 Å². The van der Waals surface area contributed by atoms with E-state index in [1.54, 1.807) is 36.7 Å². The van der Waals surface area contributed by atoms with E-state index in [0.29, 0.717) is 27.4 Å². The van der Waals surface area contributed by atoms with E-state index < -0.39 is 5.97 Å². The van der Waals surface area contributed by atoms with Gasteiger partial charge in [0.1, 0.15) is 5.69 Å². The Kier molecular flexibility index (Phi) is 5.43. The Labute approximate surface area is 200 Å². The quantitative estimate of drug-likeness (QED) is 0.344. The van der Waals surface area contributed by atoms with E-state index >= 15 is 0 Å². The van der Waals surface area contributed by atoms with Crippen molar-refractivity contribution >= 4 is 34.4 Å². The van der Waals surface area contributed by atoms with Crippen LogP contribution in [0.2, 0.25) is 5.02 Å². The summed E-state index contributed by atoms with van der Waals surface area (Å²) in [5.74, 6) is -1.35. The standard InChI is InChI=1S/C27H18ClN3O3/c1-16-3-2-4-22(28)24(16)26(32)31-23-15-20(17-11-13-29-14-12-17)9-10-21(23)25(30-31)18-5-7-19(8-6-18)27(33)34/h2-15H,1H3,(H,33,34). The third-order valence-electron chi connectivity index (χ3n) is 5.73. The fourth-order valence-electron chi connectivity index (χ4n) is 3.99. The molecule has 0 aliphatic rings. The lowest BCUT2D eigenvalue weighted by atomic mass is 10.0. The maximum atomic E-state index is 13.7. The van der Waals surface area contributed by atoms with Gasteiger partial charge in [0.2, 0.25) is 0 Å². The van der Waals surface area contributed by atoms with Gasteiger partial charge in [0.25, 0.3) is 5.91 Å². The predicted molar refractivity (Wildman–Crippen MR) is 131 cm³/mol. The van der Waals surface area contributed by atoms with E-state index in [1.807, 2.05) is 43.3 Å². The summed E-state index contributed by atoms with van der Waals surface area (Å²) in [6.45, 7) is 1.83. The molecule has 166 valence electrons. The molecule has 0 bridgehead atoms. The van der Waals surface area contributed by atoms with Gasteiger partial charge in [-0.25, -0.2) is 4.79 Å². The molecular weight excluding hydrogens is 450 g/mol. The van der Waals surface area contributed by atoms with Crippen LogP contribution < -0.4 is 0 Å². The number of rotatable bonds is 4. The minimum Gasteiger partial charge on any atom is -0.478 e. The number of pyridine rings is 1. The SMILES string of the molecule is Cc1cccc(Cl)c1C(=O)n1nc(-c2ccc(C(=O)O)cc2)c2ccc(-c3ccncc3)cc21. The third-order valence-corrected chi connectivity index (χ3v) is 6.04. The molecule has 7 heteroatoms. The molecule has 2 aromatic heterocycles. The first kappa shape index (κ1) is 21.6. The van der Waals surface area contributed by atoms with Crippen LogP contribution in [0.15, 0.2) is 85.2 Å². The highest BCUT2D eigenvalue weighted by molar-refractivity contribution is 6.34. The molecule has 0 radical (unpaired) electrons. The molecule has 1 N–H and O–H groups in total. The van der Waals surface area contributed by atoms with Crippen molar-refractivity contribution in [3.63, 3.8) is 0 Å². The van der Waals surface area contributed by atoms with Crippen molar-refractivity contribution in [2.75, 3.05) is 0 Å². The lowest BCUT2D eigenvalue weighted by Crippen LogP contribution is -2.15. The Morgan fingerprint density at radius 3 is 2.26 bits per heavy atom. The van der Waals surface area contributed by atoms with Crippen molar-refractivity contribution < 1.29 is 14.7 Å². The number of hydrogen-bond acceptors (Lipinski definition) is 4. The molecule has 0 spiro atoms. The van der Waals surface area contributed by atoms with Crippen LogP contribution >= 0.6 is 11.6 Å². The molecular formula is C27H18ClN3O3. The van der Waals surface area contributed by atoms with Crippen molar-refractivity contribution in [1.82, 2.24) is 14.8 Å². The highest BCUT2D eigenvalue weighted by atomic mass is 35.5. The van der Waals surface area contributed by atoms with Crippen LogP contribution in [0.4, 0.5) is 0 Å². The van der Waals surface area contributed by atoms with Gasteiger partial charge in [-0.1, -0.05) is 41.9 Å². The third kappa shape index (κ3) is 3.74. The molecule has 34 heavy (non-hydrogen) atoms. The predicted octanol–water partition coefficient (Wildman–Crippen LogP) is 6.11. The highest BCUT2D eigenvalue weighted by Gasteiger charge is 2.22. The number of fused-ring (bicyclic) bond motifs is 1. The maximum absolute atomic E-state index is 13.7. The smallest absolute Gasteiger partial charge is 0.335 e. The summed E-state index contributed by atoms with van der Waals surface area (Å²) in [7, 11) is 0. The van der Waals surface area contributed by atoms with Gasteiger partial charge in [0, 0.05) is 23.3 Å². The van der Waals surface area contributed by atoms with Gasteiger partial charge in [-0.3, -0.25) is 9.78 Å². The van der Waals surface area contributed by atoms with Gasteiger partial charge >= 0.3 is 5.97 Å². The summed E-state index contributed by atoms with van der Waals surface area (Å²) >= 11 is 6.40. The van der Waals surface area contributed by atoms with Gasteiger partial charge in [0.15, 0.2) is 0 Å². The van der Waals surface area contributed by atoms with Crippen LogP contribution in [0.1, 0.15) is 26.3 Å². The number of benzene rings is 3. The molecule has 0 atom stereocenters. The lowest BCUT2D eigenvalue weighted by Gasteiger charge is -2.08. The van der Waals surface area contributed by atoms with E-state index in [1.165, 1.54) is 16.8 Å². The largest absolute Gasteiger partial charge is 0.478 e. The van der Waals surface area contributed by atoms with E-state index in [4.69, 9.17) is 11.6 Å².